The van der Waals surface area contributed by atoms with Gasteiger partial charge in [-0.05, 0) is 23.3 Å². The van der Waals surface area contributed by atoms with Gasteiger partial charge < -0.3 is 5.11 Å². The summed E-state index contributed by atoms with van der Waals surface area (Å²) in [4.78, 5) is 0. The molecule has 1 heterocycles. The van der Waals surface area contributed by atoms with E-state index in [0.29, 0.717) is 5.75 Å². The molecule has 0 spiro atoms. The second-order valence-corrected chi connectivity index (χ2v) is 5.20. The third-order valence-electron chi connectivity index (χ3n) is 4.06. The zero-order valence-corrected chi connectivity index (χ0v) is 11.0. The standard InChI is InChI=1S/C18H13BO/c20-14-11-9-13(10-12-14)19-17-7-3-1-5-15(17)16-6-2-4-8-18(16)19/h1-12,20H. The average Bonchev–Trinajstić information content (AvgIpc) is 2.83. The van der Waals surface area contributed by atoms with E-state index in [0.717, 1.165) is 0 Å². The van der Waals surface area contributed by atoms with E-state index in [9.17, 15) is 5.11 Å². The van der Waals surface area contributed by atoms with E-state index in [-0.39, 0.29) is 6.71 Å². The molecule has 0 saturated heterocycles. The van der Waals surface area contributed by atoms with Crippen molar-refractivity contribution in [1.29, 1.82) is 0 Å². The van der Waals surface area contributed by atoms with Crippen molar-refractivity contribution in [2.75, 3.05) is 0 Å². The van der Waals surface area contributed by atoms with E-state index in [1.165, 1.54) is 27.5 Å². The molecule has 4 rings (SSSR count). The summed E-state index contributed by atoms with van der Waals surface area (Å²) in [6.45, 7) is 0.267. The van der Waals surface area contributed by atoms with Gasteiger partial charge in [0.05, 0.1) is 0 Å². The Balaban J connectivity index is 1.97. The molecule has 0 radical (unpaired) electrons. The molecule has 0 fully saturated rings. The molecule has 0 saturated carbocycles. The van der Waals surface area contributed by atoms with E-state index >= 15 is 0 Å². The van der Waals surface area contributed by atoms with Crippen molar-refractivity contribution in [3.05, 3.63) is 72.8 Å². The number of hydrogen-bond donors (Lipinski definition) is 1. The lowest BCUT2D eigenvalue weighted by Crippen LogP contribution is -2.48. The summed E-state index contributed by atoms with van der Waals surface area (Å²) < 4.78 is 0. The van der Waals surface area contributed by atoms with Gasteiger partial charge in [0.15, 0.2) is 0 Å². The molecule has 0 unspecified atom stereocenters. The number of phenolic OH excluding ortho intramolecular Hbond substituents is 1. The fraction of sp³-hybridized carbons (Fsp3) is 0. The highest BCUT2D eigenvalue weighted by Gasteiger charge is 2.32. The molecule has 20 heavy (non-hydrogen) atoms. The van der Waals surface area contributed by atoms with E-state index in [2.05, 4.69) is 48.5 Å². The van der Waals surface area contributed by atoms with Gasteiger partial charge in [-0.2, -0.15) is 0 Å². The number of phenols is 1. The van der Waals surface area contributed by atoms with E-state index in [1.54, 1.807) is 12.1 Å². The molecule has 2 heteroatoms. The minimum atomic E-state index is 0.267. The van der Waals surface area contributed by atoms with Gasteiger partial charge in [0, 0.05) is 0 Å². The van der Waals surface area contributed by atoms with E-state index in [4.69, 9.17) is 0 Å². The predicted molar refractivity (Wildman–Crippen MR) is 84.6 cm³/mol. The van der Waals surface area contributed by atoms with Gasteiger partial charge in [0.25, 0.3) is 0 Å². The van der Waals surface area contributed by atoms with Crippen LogP contribution in [0.15, 0.2) is 72.8 Å². The summed E-state index contributed by atoms with van der Waals surface area (Å²) in [6.07, 6.45) is 0. The first-order valence-electron chi connectivity index (χ1n) is 6.82. The minimum absolute atomic E-state index is 0.267. The molecule has 0 bridgehead atoms. The number of fused-ring (bicyclic) bond motifs is 3. The Morgan fingerprint density at radius 2 is 1.10 bits per heavy atom. The fourth-order valence-corrected chi connectivity index (χ4v) is 3.18. The summed E-state index contributed by atoms with van der Waals surface area (Å²) in [5.41, 5.74) is 6.56. The topological polar surface area (TPSA) is 20.2 Å². The lowest BCUT2D eigenvalue weighted by molar-refractivity contribution is 0.475. The summed E-state index contributed by atoms with van der Waals surface area (Å²) >= 11 is 0. The Bertz CT molecular complexity index is 732. The van der Waals surface area contributed by atoms with Crippen molar-refractivity contribution < 1.29 is 5.11 Å². The monoisotopic (exact) mass is 256 g/mol. The number of rotatable bonds is 1. The van der Waals surface area contributed by atoms with Gasteiger partial charge in [-0.3, -0.25) is 0 Å². The highest BCUT2D eigenvalue weighted by molar-refractivity contribution is 6.99. The highest BCUT2D eigenvalue weighted by atomic mass is 16.3. The maximum absolute atomic E-state index is 9.49. The third kappa shape index (κ3) is 1.58. The van der Waals surface area contributed by atoms with Crippen LogP contribution in [0.1, 0.15) is 0 Å². The van der Waals surface area contributed by atoms with Crippen LogP contribution < -0.4 is 16.4 Å². The molecule has 1 nitrogen and oxygen atoms in total. The van der Waals surface area contributed by atoms with Crippen LogP contribution in [0.2, 0.25) is 0 Å². The van der Waals surface area contributed by atoms with Crippen molar-refractivity contribution in [2.45, 2.75) is 0 Å². The van der Waals surface area contributed by atoms with Gasteiger partial charge in [0.1, 0.15) is 5.75 Å². The van der Waals surface area contributed by atoms with Crippen LogP contribution in [-0.4, -0.2) is 11.8 Å². The minimum Gasteiger partial charge on any atom is -0.508 e. The molecule has 94 valence electrons. The number of benzene rings is 3. The first-order chi connectivity index (χ1) is 9.84. The first-order valence-corrected chi connectivity index (χ1v) is 6.82. The van der Waals surface area contributed by atoms with Crippen molar-refractivity contribution in [1.82, 2.24) is 0 Å². The maximum Gasteiger partial charge on any atom is 0.242 e. The van der Waals surface area contributed by atoms with E-state index < -0.39 is 0 Å². The molecule has 1 N–H and O–H groups in total. The van der Waals surface area contributed by atoms with Gasteiger partial charge in [-0.25, -0.2) is 0 Å². The van der Waals surface area contributed by atoms with Crippen LogP contribution in [0.5, 0.6) is 5.75 Å². The largest absolute Gasteiger partial charge is 0.508 e. The Morgan fingerprint density at radius 1 is 0.600 bits per heavy atom. The van der Waals surface area contributed by atoms with Crippen LogP contribution >= 0.6 is 0 Å². The average molecular weight is 256 g/mol. The fourth-order valence-electron chi connectivity index (χ4n) is 3.18. The number of hydrogen-bond acceptors (Lipinski definition) is 1. The summed E-state index contributed by atoms with van der Waals surface area (Å²) in [5, 5.41) is 9.49. The van der Waals surface area contributed by atoms with Gasteiger partial charge in [0.2, 0.25) is 6.71 Å². The van der Waals surface area contributed by atoms with Crippen LogP contribution in [-0.2, 0) is 0 Å². The molecule has 1 aliphatic heterocycles. The van der Waals surface area contributed by atoms with Crippen LogP contribution in [0.25, 0.3) is 11.1 Å². The molecule has 0 amide bonds. The molecular weight excluding hydrogens is 243 g/mol. The van der Waals surface area contributed by atoms with Gasteiger partial charge >= 0.3 is 0 Å². The van der Waals surface area contributed by atoms with Crippen LogP contribution in [0.4, 0.5) is 0 Å². The molecular formula is C18H13BO. The van der Waals surface area contributed by atoms with Crippen molar-refractivity contribution in [2.24, 2.45) is 0 Å². The van der Waals surface area contributed by atoms with Crippen molar-refractivity contribution in [3.63, 3.8) is 0 Å². The summed E-state index contributed by atoms with van der Waals surface area (Å²) in [7, 11) is 0. The van der Waals surface area contributed by atoms with Crippen LogP contribution in [0, 0.1) is 0 Å². The molecule has 3 aromatic carbocycles. The predicted octanol–water partition coefficient (Wildman–Crippen LogP) is 1.89. The summed E-state index contributed by atoms with van der Waals surface area (Å²) in [5.74, 6) is 0.313. The molecule has 3 aromatic rings. The molecule has 0 atom stereocenters. The quantitative estimate of drug-likeness (QED) is 0.516. The maximum atomic E-state index is 9.49. The zero-order chi connectivity index (χ0) is 13.5. The molecule has 0 aliphatic carbocycles. The normalized spacial score (nSPS) is 12.1. The second-order valence-electron chi connectivity index (χ2n) is 5.20. The zero-order valence-electron chi connectivity index (χ0n) is 11.0. The molecule has 0 aromatic heterocycles. The Morgan fingerprint density at radius 3 is 1.65 bits per heavy atom. The van der Waals surface area contributed by atoms with Gasteiger partial charge in [-0.15, -0.1) is 0 Å². The van der Waals surface area contributed by atoms with E-state index in [1.807, 2.05) is 12.1 Å². The lowest BCUT2D eigenvalue weighted by atomic mass is 9.39. The molecule has 1 aliphatic rings. The third-order valence-corrected chi connectivity index (χ3v) is 4.06. The van der Waals surface area contributed by atoms with Gasteiger partial charge in [-0.1, -0.05) is 77.1 Å². The second kappa shape index (κ2) is 4.27. The Labute approximate surface area is 118 Å². The SMILES string of the molecule is Oc1ccc(B2c3ccccc3-c3ccccc32)cc1. The van der Waals surface area contributed by atoms with Crippen LogP contribution in [0.3, 0.4) is 0 Å². The summed E-state index contributed by atoms with van der Waals surface area (Å²) in [6, 6.07) is 24.7. The lowest BCUT2D eigenvalue weighted by Gasteiger charge is -2.10. The Kier molecular flexibility index (Phi) is 2.43. The first kappa shape index (κ1) is 11.4. The van der Waals surface area contributed by atoms with Crippen molar-refractivity contribution >= 4 is 23.1 Å². The highest BCUT2D eigenvalue weighted by Crippen LogP contribution is 2.22. The number of aromatic hydroxyl groups is 1. The Hall–Kier alpha value is -2.48. The smallest absolute Gasteiger partial charge is 0.242 e. The van der Waals surface area contributed by atoms with Crippen molar-refractivity contribution in [3.8, 4) is 16.9 Å².